The van der Waals surface area contributed by atoms with Crippen LogP contribution in [0.15, 0.2) is 24.5 Å². The molecular weight excluding hydrogens is 194 g/mol. The van der Waals surface area contributed by atoms with E-state index in [-0.39, 0.29) is 5.69 Å². The molecule has 2 aromatic rings. The van der Waals surface area contributed by atoms with Crippen molar-refractivity contribution >= 4 is 28.5 Å². The van der Waals surface area contributed by atoms with E-state index in [1.165, 1.54) is 22.5 Å². The van der Waals surface area contributed by atoms with Crippen molar-refractivity contribution in [3.63, 3.8) is 0 Å². The Morgan fingerprint density at radius 2 is 2.31 bits per heavy atom. The SMILES string of the molecule is O=[N+]([O-])c1ccc2c(c1)ncn2Cl. The van der Waals surface area contributed by atoms with Gasteiger partial charge in [-0.05, 0) is 6.07 Å². The average molecular weight is 198 g/mol. The van der Waals surface area contributed by atoms with Crippen molar-refractivity contribution in [2.75, 3.05) is 0 Å². The summed E-state index contributed by atoms with van der Waals surface area (Å²) in [6.45, 7) is 0. The molecule has 0 unspecified atom stereocenters. The van der Waals surface area contributed by atoms with E-state index in [0.29, 0.717) is 11.0 Å². The number of imidazole rings is 1. The van der Waals surface area contributed by atoms with E-state index < -0.39 is 4.92 Å². The molecule has 1 aromatic carbocycles. The van der Waals surface area contributed by atoms with Gasteiger partial charge in [-0.2, -0.15) is 0 Å². The highest BCUT2D eigenvalue weighted by molar-refractivity contribution is 6.18. The number of benzene rings is 1. The second kappa shape index (κ2) is 2.70. The van der Waals surface area contributed by atoms with Gasteiger partial charge in [0.05, 0.1) is 16.0 Å². The van der Waals surface area contributed by atoms with Gasteiger partial charge < -0.3 is 0 Å². The predicted octanol–water partition coefficient (Wildman–Crippen LogP) is 1.95. The Hall–Kier alpha value is -1.62. The molecule has 1 heterocycles. The largest absolute Gasteiger partial charge is 0.271 e. The van der Waals surface area contributed by atoms with Gasteiger partial charge in [-0.3, -0.25) is 10.1 Å². The fourth-order valence-corrected chi connectivity index (χ4v) is 1.27. The second-order valence-electron chi connectivity index (χ2n) is 2.49. The number of aromatic nitrogens is 2. The molecule has 0 aliphatic heterocycles. The molecular formula is C7H4ClN3O2. The van der Waals surface area contributed by atoms with Crippen molar-refractivity contribution in [3.05, 3.63) is 34.6 Å². The molecule has 0 saturated heterocycles. The smallest absolute Gasteiger partial charge is 0.258 e. The third-order valence-electron chi connectivity index (χ3n) is 1.70. The first-order valence-corrected chi connectivity index (χ1v) is 3.80. The van der Waals surface area contributed by atoms with Crippen LogP contribution >= 0.6 is 11.8 Å². The maximum absolute atomic E-state index is 10.4. The predicted molar refractivity (Wildman–Crippen MR) is 47.6 cm³/mol. The number of fused-ring (bicyclic) bond motifs is 1. The number of nitro groups is 1. The first-order valence-electron chi connectivity index (χ1n) is 3.46. The summed E-state index contributed by atoms with van der Waals surface area (Å²) in [5.74, 6) is 0. The Labute approximate surface area is 77.8 Å². The van der Waals surface area contributed by atoms with E-state index in [2.05, 4.69) is 4.98 Å². The van der Waals surface area contributed by atoms with Gasteiger partial charge in [-0.1, -0.05) is 0 Å². The van der Waals surface area contributed by atoms with Gasteiger partial charge in [0.15, 0.2) is 0 Å². The number of non-ortho nitro benzene ring substituents is 1. The van der Waals surface area contributed by atoms with Crippen molar-refractivity contribution < 1.29 is 4.92 Å². The molecule has 2 rings (SSSR count). The third kappa shape index (κ3) is 1.23. The molecule has 0 amide bonds. The summed E-state index contributed by atoms with van der Waals surface area (Å²) in [7, 11) is 0. The molecule has 66 valence electrons. The average Bonchev–Trinajstić information content (AvgIpc) is 2.47. The van der Waals surface area contributed by atoms with E-state index in [9.17, 15) is 10.1 Å². The first kappa shape index (κ1) is 8.00. The zero-order valence-corrected chi connectivity index (χ0v) is 7.10. The van der Waals surface area contributed by atoms with Gasteiger partial charge >= 0.3 is 0 Å². The first-order chi connectivity index (χ1) is 6.18. The van der Waals surface area contributed by atoms with E-state index in [1.54, 1.807) is 6.07 Å². The monoisotopic (exact) mass is 197 g/mol. The molecule has 0 radical (unpaired) electrons. The van der Waals surface area contributed by atoms with Crippen molar-refractivity contribution in [2.45, 2.75) is 0 Å². The summed E-state index contributed by atoms with van der Waals surface area (Å²) < 4.78 is 1.29. The van der Waals surface area contributed by atoms with Crippen molar-refractivity contribution in [1.29, 1.82) is 0 Å². The molecule has 0 fully saturated rings. The lowest BCUT2D eigenvalue weighted by Crippen LogP contribution is -1.87. The van der Waals surface area contributed by atoms with Crippen molar-refractivity contribution in [2.24, 2.45) is 0 Å². The second-order valence-corrected chi connectivity index (χ2v) is 2.85. The van der Waals surface area contributed by atoms with E-state index >= 15 is 0 Å². The standard InChI is InChI=1S/C7H4ClN3O2/c8-10-4-9-6-3-5(11(12)13)1-2-7(6)10/h1-4H. The zero-order valence-electron chi connectivity index (χ0n) is 6.35. The lowest BCUT2D eigenvalue weighted by molar-refractivity contribution is -0.384. The molecule has 0 N–H and O–H groups in total. The van der Waals surface area contributed by atoms with E-state index in [1.807, 2.05) is 0 Å². The molecule has 1 aromatic heterocycles. The quantitative estimate of drug-likeness (QED) is 0.519. The summed E-state index contributed by atoms with van der Waals surface area (Å²) in [5.41, 5.74) is 1.19. The molecule has 0 spiro atoms. The number of nitro benzene ring substituents is 1. The van der Waals surface area contributed by atoms with Gasteiger partial charge in [0, 0.05) is 23.9 Å². The molecule has 0 saturated carbocycles. The minimum atomic E-state index is -0.466. The molecule has 6 heteroatoms. The number of nitrogens with zero attached hydrogens (tertiary/aromatic N) is 3. The molecule has 0 atom stereocenters. The lowest BCUT2D eigenvalue weighted by Gasteiger charge is -1.91. The lowest BCUT2D eigenvalue weighted by atomic mass is 10.3. The number of rotatable bonds is 1. The molecule has 0 aliphatic rings. The summed E-state index contributed by atoms with van der Waals surface area (Å²) in [4.78, 5) is 13.8. The van der Waals surface area contributed by atoms with Crippen LogP contribution in [-0.4, -0.2) is 14.0 Å². The molecule has 0 bridgehead atoms. The van der Waals surface area contributed by atoms with Crippen LogP contribution in [0.5, 0.6) is 0 Å². The van der Waals surface area contributed by atoms with Crippen LogP contribution in [0.1, 0.15) is 0 Å². The summed E-state index contributed by atoms with van der Waals surface area (Å²) in [6.07, 6.45) is 1.40. The summed E-state index contributed by atoms with van der Waals surface area (Å²) >= 11 is 5.69. The van der Waals surface area contributed by atoms with E-state index in [0.717, 1.165) is 0 Å². The Kier molecular flexibility index (Phi) is 1.66. The highest BCUT2D eigenvalue weighted by atomic mass is 35.5. The normalized spacial score (nSPS) is 10.5. The van der Waals surface area contributed by atoms with Gasteiger partial charge in [0.2, 0.25) is 0 Å². The number of halogens is 1. The maximum Gasteiger partial charge on any atom is 0.271 e. The Morgan fingerprint density at radius 1 is 1.54 bits per heavy atom. The fraction of sp³-hybridized carbons (Fsp3) is 0. The zero-order chi connectivity index (χ0) is 9.42. The van der Waals surface area contributed by atoms with Crippen LogP contribution < -0.4 is 0 Å². The van der Waals surface area contributed by atoms with Crippen molar-refractivity contribution in [1.82, 2.24) is 9.07 Å². The fourth-order valence-electron chi connectivity index (χ4n) is 1.08. The van der Waals surface area contributed by atoms with Crippen LogP contribution in [-0.2, 0) is 0 Å². The van der Waals surface area contributed by atoms with Crippen LogP contribution in [0.4, 0.5) is 5.69 Å². The summed E-state index contributed by atoms with van der Waals surface area (Å²) in [5, 5.41) is 10.4. The Morgan fingerprint density at radius 3 is 3.00 bits per heavy atom. The highest BCUT2D eigenvalue weighted by Crippen LogP contribution is 2.19. The molecule has 5 nitrogen and oxygen atoms in total. The Bertz CT molecular complexity index is 480. The molecule has 13 heavy (non-hydrogen) atoms. The molecule has 0 aliphatic carbocycles. The van der Waals surface area contributed by atoms with Crippen LogP contribution in [0.2, 0.25) is 0 Å². The van der Waals surface area contributed by atoms with Crippen LogP contribution in [0.25, 0.3) is 11.0 Å². The summed E-state index contributed by atoms with van der Waals surface area (Å²) in [6, 6.07) is 4.34. The highest BCUT2D eigenvalue weighted by Gasteiger charge is 2.08. The van der Waals surface area contributed by atoms with Gasteiger partial charge in [-0.25, -0.2) is 9.07 Å². The maximum atomic E-state index is 10.4. The van der Waals surface area contributed by atoms with Gasteiger partial charge in [0.25, 0.3) is 5.69 Å². The number of hydrogen-bond donors (Lipinski definition) is 0. The topological polar surface area (TPSA) is 61.0 Å². The third-order valence-corrected chi connectivity index (χ3v) is 1.97. The van der Waals surface area contributed by atoms with Crippen LogP contribution in [0.3, 0.4) is 0 Å². The number of hydrogen-bond acceptors (Lipinski definition) is 3. The minimum absolute atomic E-state index is 0.0165. The van der Waals surface area contributed by atoms with Gasteiger partial charge in [0.1, 0.15) is 6.33 Å². The van der Waals surface area contributed by atoms with Gasteiger partial charge in [-0.15, -0.1) is 0 Å². The minimum Gasteiger partial charge on any atom is -0.258 e. The Balaban J connectivity index is 2.70. The van der Waals surface area contributed by atoms with E-state index in [4.69, 9.17) is 11.8 Å². The van der Waals surface area contributed by atoms with Crippen molar-refractivity contribution in [3.8, 4) is 0 Å². The van der Waals surface area contributed by atoms with Crippen LogP contribution in [0, 0.1) is 10.1 Å².